The first-order valence-electron chi connectivity index (χ1n) is 6.94. The minimum absolute atomic E-state index is 0.177. The molecule has 0 bridgehead atoms. The van der Waals surface area contributed by atoms with E-state index in [1.807, 2.05) is 0 Å². The molecule has 2 rings (SSSR count). The van der Waals surface area contributed by atoms with Crippen molar-refractivity contribution in [3.05, 3.63) is 58.1 Å². The van der Waals surface area contributed by atoms with Crippen molar-refractivity contribution in [1.82, 2.24) is 5.32 Å². The fourth-order valence-corrected chi connectivity index (χ4v) is 2.09. The monoisotopic (exact) mass is 367 g/mol. The predicted octanol–water partition coefficient (Wildman–Crippen LogP) is 3.18. The summed E-state index contributed by atoms with van der Waals surface area (Å²) in [4.78, 5) is 22.5. The van der Waals surface area contributed by atoms with Gasteiger partial charge in [-0.2, -0.15) is 0 Å². The maximum Gasteiger partial charge on any atom is 0.319 e. The molecule has 126 valence electrons. The van der Waals surface area contributed by atoms with Crippen molar-refractivity contribution in [2.75, 3.05) is 11.9 Å². The lowest BCUT2D eigenvalue weighted by molar-refractivity contribution is -0.119. The highest BCUT2D eigenvalue weighted by Crippen LogP contribution is 2.24. The van der Waals surface area contributed by atoms with E-state index < -0.39 is 5.91 Å². The van der Waals surface area contributed by atoms with E-state index in [0.29, 0.717) is 28.0 Å². The number of nitrogens with two attached hydrogens (primary N) is 1. The Hall–Kier alpha value is -2.44. The molecular formula is C16H15Cl2N3O3. The van der Waals surface area contributed by atoms with E-state index in [0.717, 1.165) is 5.56 Å². The van der Waals surface area contributed by atoms with Gasteiger partial charge in [-0.15, -0.1) is 0 Å². The predicted molar refractivity (Wildman–Crippen MR) is 93.5 cm³/mol. The first-order chi connectivity index (χ1) is 11.4. The van der Waals surface area contributed by atoms with Crippen LogP contribution in [0.15, 0.2) is 42.5 Å². The Balaban J connectivity index is 1.82. The van der Waals surface area contributed by atoms with Gasteiger partial charge in [-0.3, -0.25) is 4.79 Å². The number of rotatable bonds is 6. The summed E-state index contributed by atoms with van der Waals surface area (Å²) >= 11 is 11.7. The molecule has 0 atom stereocenters. The van der Waals surface area contributed by atoms with Crippen LogP contribution in [0.3, 0.4) is 0 Å². The topological polar surface area (TPSA) is 93.5 Å². The molecule has 0 saturated carbocycles. The van der Waals surface area contributed by atoms with E-state index in [2.05, 4.69) is 10.6 Å². The number of benzene rings is 2. The lowest BCUT2D eigenvalue weighted by atomic mass is 10.2. The standard InChI is InChI=1S/C16H15Cl2N3O3/c17-13-6-3-11(7-14(13)18)21-16(23)20-8-10-1-4-12(5-2-10)24-9-15(19)22/h1-7H,8-9H2,(H2,19,22)(H2,20,21,23). The molecule has 2 aromatic rings. The summed E-state index contributed by atoms with van der Waals surface area (Å²) in [5.74, 6) is -0.0162. The summed E-state index contributed by atoms with van der Waals surface area (Å²) in [6, 6.07) is 11.4. The molecule has 3 amide bonds. The van der Waals surface area contributed by atoms with Crippen LogP contribution in [0.1, 0.15) is 5.56 Å². The molecule has 0 aliphatic heterocycles. The van der Waals surface area contributed by atoms with Gasteiger partial charge >= 0.3 is 6.03 Å². The molecule has 0 spiro atoms. The number of halogens is 2. The number of primary amides is 1. The van der Waals surface area contributed by atoms with E-state index in [4.69, 9.17) is 33.7 Å². The van der Waals surface area contributed by atoms with Crippen LogP contribution in [-0.2, 0) is 11.3 Å². The lowest BCUT2D eigenvalue weighted by Crippen LogP contribution is -2.28. The third-order valence-corrected chi connectivity index (χ3v) is 3.67. The van der Waals surface area contributed by atoms with Crippen molar-refractivity contribution in [3.8, 4) is 5.75 Å². The molecule has 2 aromatic carbocycles. The van der Waals surface area contributed by atoms with E-state index in [1.54, 1.807) is 42.5 Å². The van der Waals surface area contributed by atoms with Gasteiger partial charge in [0, 0.05) is 12.2 Å². The van der Waals surface area contributed by atoms with Gasteiger partial charge in [-0.25, -0.2) is 4.79 Å². The third-order valence-electron chi connectivity index (χ3n) is 2.93. The van der Waals surface area contributed by atoms with Crippen molar-refractivity contribution < 1.29 is 14.3 Å². The van der Waals surface area contributed by atoms with Crippen molar-refractivity contribution in [3.63, 3.8) is 0 Å². The number of anilines is 1. The van der Waals surface area contributed by atoms with Gasteiger partial charge in [0.05, 0.1) is 10.0 Å². The summed E-state index contributed by atoms with van der Waals surface area (Å²) in [6.45, 7) is 0.146. The largest absolute Gasteiger partial charge is 0.484 e. The number of carbonyl (C=O) groups excluding carboxylic acids is 2. The molecule has 0 aliphatic carbocycles. The molecule has 8 heteroatoms. The molecular weight excluding hydrogens is 353 g/mol. The molecule has 0 heterocycles. The second-order valence-electron chi connectivity index (χ2n) is 4.84. The number of carbonyl (C=O) groups is 2. The summed E-state index contributed by atoms with van der Waals surface area (Å²) in [5, 5.41) is 6.15. The second-order valence-corrected chi connectivity index (χ2v) is 5.65. The highest BCUT2D eigenvalue weighted by atomic mass is 35.5. The van der Waals surface area contributed by atoms with Crippen LogP contribution in [-0.4, -0.2) is 18.5 Å². The van der Waals surface area contributed by atoms with E-state index >= 15 is 0 Å². The number of hydrogen-bond donors (Lipinski definition) is 3. The van der Waals surface area contributed by atoms with Crippen LogP contribution in [0.25, 0.3) is 0 Å². The minimum Gasteiger partial charge on any atom is -0.484 e. The quantitative estimate of drug-likeness (QED) is 0.731. The lowest BCUT2D eigenvalue weighted by Gasteiger charge is -2.09. The highest BCUT2D eigenvalue weighted by molar-refractivity contribution is 6.42. The van der Waals surface area contributed by atoms with Crippen LogP contribution in [0.4, 0.5) is 10.5 Å². The number of amides is 3. The number of urea groups is 1. The Kier molecular flexibility index (Phi) is 6.28. The van der Waals surface area contributed by atoms with Gasteiger partial charge in [0.1, 0.15) is 5.75 Å². The molecule has 0 aliphatic rings. The SMILES string of the molecule is NC(=O)COc1ccc(CNC(=O)Nc2ccc(Cl)c(Cl)c2)cc1. The van der Waals surface area contributed by atoms with Gasteiger partial charge < -0.3 is 21.1 Å². The zero-order valence-electron chi connectivity index (χ0n) is 12.5. The Bertz CT molecular complexity index is 736. The zero-order valence-corrected chi connectivity index (χ0v) is 14.0. The highest BCUT2D eigenvalue weighted by Gasteiger charge is 2.05. The molecule has 6 nitrogen and oxygen atoms in total. The smallest absolute Gasteiger partial charge is 0.319 e. The number of nitrogens with one attached hydrogen (secondary N) is 2. The second kappa shape index (κ2) is 8.42. The molecule has 0 unspecified atom stereocenters. The molecule has 0 saturated heterocycles. The van der Waals surface area contributed by atoms with Gasteiger partial charge in [-0.05, 0) is 35.9 Å². The maximum atomic E-state index is 11.9. The average molecular weight is 368 g/mol. The number of ether oxygens (including phenoxy) is 1. The van der Waals surface area contributed by atoms with Crippen molar-refractivity contribution in [1.29, 1.82) is 0 Å². The molecule has 24 heavy (non-hydrogen) atoms. The molecule has 4 N–H and O–H groups in total. The van der Waals surface area contributed by atoms with E-state index in [1.165, 1.54) is 0 Å². The first kappa shape index (κ1) is 17.9. The van der Waals surface area contributed by atoms with Crippen LogP contribution in [0.2, 0.25) is 10.0 Å². The fourth-order valence-electron chi connectivity index (χ4n) is 1.79. The average Bonchev–Trinajstić information content (AvgIpc) is 2.55. The fraction of sp³-hybridized carbons (Fsp3) is 0.125. The van der Waals surface area contributed by atoms with Crippen LogP contribution in [0.5, 0.6) is 5.75 Å². The van der Waals surface area contributed by atoms with Crippen LogP contribution >= 0.6 is 23.2 Å². The summed E-state index contributed by atoms with van der Waals surface area (Å²) in [5.41, 5.74) is 6.40. The van der Waals surface area contributed by atoms with Gasteiger partial charge in [0.15, 0.2) is 6.61 Å². The minimum atomic E-state index is -0.542. The summed E-state index contributed by atoms with van der Waals surface area (Å²) in [6.07, 6.45) is 0. The van der Waals surface area contributed by atoms with E-state index in [-0.39, 0.29) is 12.6 Å². The Morgan fingerprint density at radius 3 is 2.38 bits per heavy atom. The van der Waals surface area contributed by atoms with Crippen molar-refractivity contribution in [2.45, 2.75) is 6.54 Å². The van der Waals surface area contributed by atoms with Crippen molar-refractivity contribution >= 4 is 40.8 Å². The first-order valence-corrected chi connectivity index (χ1v) is 7.69. The normalized spacial score (nSPS) is 10.1. The van der Waals surface area contributed by atoms with Crippen LogP contribution < -0.4 is 21.1 Å². The molecule has 0 fully saturated rings. The maximum absolute atomic E-state index is 11.9. The van der Waals surface area contributed by atoms with Gasteiger partial charge in [-0.1, -0.05) is 35.3 Å². The van der Waals surface area contributed by atoms with Gasteiger partial charge in [0.2, 0.25) is 0 Å². The molecule has 0 radical (unpaired) electrons. The van der Waals surface area contributed by atoms with E-state index in [9.17, 15) is 9.59 Å². The van der Waals surface area contributed by atoms with Gasteiger partial charge in [0.25, 0.3) is 5.91 Å². The Morgan fingerprint density at radius 1 is 1.04 bits per heavy atom. The third kappa shape index (κ3) is 5.64. The summed E-state index contributed by atoms with van der Waals surface area (Å²) in [7, 11) is 0. The molecule has 0 aromatic heterocycles. The zero-order chi connectivity index (χ0) is 17.5. The summed E-state index contributed by atoms with van der Waals surface area (Å²) < 4.78 is 5.15. The van der Waals surface area contributed by atoms with Crippen LogP contribution in [0, 0.1) is 0 Å². The Morgan fingerprint density at radius 2 is 1.75 bits per heavy atom. The van der Waals surface area contributed by atoms with Crippen molar-refractivity contribution in [2.24, 2.45) is 5.73 Å². The Labute approximate surface area is 148 Å². The number of hydrogen-bond acceptors (Lipinski definition) is 3.